The fourth-order valence-electron chi connectivity index (χ4n) is 3.43. The van der Waals surface area contributed by atoms with E-state index in [4.69, 9.17) is 0 Å². The Kier molecular flexibility index (Phi) is 4.78. The third-order valence-corrected chi connectivity index (χ3v) is 4.64. The number of nitrogens with one attached hydrogen (secondary N) is 2. The van der Waals surface area contributed by atoms with Crippen LogP contribution in [0.3, 0.4) is 0 Å². The number of aromatic nitrogens is 4. The van der Waals surface area contributed by atoms with E-state index in [1.807, 2.05) is 38.1 Å². The van der Waals surface area contributed by atoms with E-state index in [0.717, 1.165) is 36.9 Å². The summed E-state index contributed by atoms with van der Waals surface area (Å²) in [5.41, 5.74) is 1.51. The van der Waals surface area contributed by atoms with Crippen molar-refractivity contribution in [3.8, 4) is 5.69 Å². The minimum atomic E-state index is -0.525. The number of carbonyl (C=O) groups is 1. The number of rotatable bonds is 4. The lowest BCUT2D eigenvalue weighted by Crippen LogP contribution is -2.52. The summed E-state index contributed by atoms with van der Waals surface area (Å²) in [7, 11) is 0. The molecule has 2 aromatic rings. The van der Waals surface area contributed by atoms with Crippen molar-refractivity contribution in [2.24, 2.45) is 0 Å². The average Bonchev–Trinajstić information content (AvgIpc) is 3.06. The molecular weight excluding hydrogens is 304 g/mol. The number of carbonyl (C=O) groups excluding carboxylic acids is 1. The first-order valence-electron chi connectivity index (χ1n) is 8.57. The maximum Gasteiger partial charge on any atom is 0.315 e. The van der Waals surface area contributed by atoms with Crippen molar-refractivity contribution in [3.05, 3.63) is 35.7 Å². The number of para-hydroxylation sites is 1. The van der Waals surface area contributed by atoms with Crippen LogP contribution in [0.25, 0.3) is 5.69 Å². The molecule has 3 rings (SSSR count). The number of tetrazole rings is 1. The summed E-state index contributed by atoms with van der Waals surface area (Å²) in [5, 5.41) is 18.4. The molecule has 1 aliphatic rings. The predicted octanol–water partition coefficient (Wildman–Crippen LogP) is 2.45. The van der Waals surface area contributed by atoms with Gasteiger partial charge in [0.15, 0.2) is 5.82 Å². The average molecular weight is 328 g/mol. The van der Waals surface area contributed by atoms with Crippen molar-refractivity contribution in [2.45, 2.75) is 51.5 Å². The van der Waals surface area contributed by atoms with Crippen molar-refractivity contribution in [1.82, 2.24) is 30.8 Å². The number of amides is 2. The Morgan fingerprint density at radius 1 is 1.25 bits per heavy atom. The fourth-order valence-corrected chi connectivity index (χ4v) is 3.43. The number of hydrogen-bond acceptors (Lipinski definition) is 4. The first-order chi connectivity index (χ1) is 11.7. The van der Waals surface area contributed by atoms with Gasteiger partial charge in [-0.25, -0.2) is 4.79 Å². The maximum absolute atomic E-state index is 12.2. The topological polar surface area (TPSA) is 84.7 Å². The van der Waals surface area contributed by atoms with E-state index < -0.39 is 5.54 Å². The number of nitrogens with zero attached hydrogens (tertiary/aromatic N) is 4. The van der Waals surface area contributed by atoms with Crippen LogP contribution in [-0.2, 0) is 5.54 Å². The molecule has 1 saturated carbocycles. The van der Waals surface area contributed by atoms with Crippen LogP contribution in [0, 0.1) is 6.92 Å². The highest BCUT2D eigenvalue weighted by atomic mass is 16.2. The van der Waals surface area contributed by atoms with Gasteiger partial charge >= 0.3 is 6.03 Å². The van der Waals surface area contributed by atoms with Gasteiger partial charge < -0.3 is 10.6 Å². The van der Waals surface area contributed by atoms with E-state index in [0.29, 0.717) is 12.4 Å². The Hall–Kier alpha value is -2.44. The fraction of sp³-hybridized carbons (Fsp3) is 0.529. The number of hydrogen-bond donors (Lipinski definition) is 2. The van der Waals surface area contributed by atoms with Crippen molar-refractivity contribution >= 4 is 6.03 Å². The molecule has 0 bridgehead atoms. The van der Waals surface area contributed by atoms with Gasteiger partial charge in [0, 0.05) is 6.54 Å². The molecule has 24 heavy (non-hydrogen) atoms. The van der Waals surface area contributed by atoms with Gasteiger partial charge in [0.2, 0.25) is 0 Å². The van der Waals surface area contributed by atoms with Crippen molar-refractivity contribution in [2.75, 3.05) is 6.54 Å². The second kappa shape index (κ2) is 6.98. The lowest BCUT2D eigenvalue weighted by molar-refractivity contribution is 0.195. The number of urea groups is 1. The van der Waals surface area contributed by atoms with Crippen LogP contribution in [0.15, 0.2) is 24.3 Å². The Balaban J connectivity index is 2.02. The highest BCUT2D eigenvalue weighted by molar-refractivity contribution is 5.74. The molecule has 0 aliphatic heterocycles. The van der Waals surface area contributed by atoms with Crippen molar-refractivity contribution in [1.29, 1.82) is 0 Å². The molecule has 1 fully saturated rings. The van der Waals surface area contributed by atoms with E-state index in [1.165, 1.54) is 6.42 Å². The van der Waals surface area contributed by atoms with Crippen LogP contribution >= 0.6 is 0 Å². The van der Waals surface area contributed by atoms with Crippen LogP contribution in [0.5, 0.6) is 0 Å². The molecule has 2 N–H and O–H groups in total. The largest absolute Gasteiger partial charge is 0.338 e. The first kappa shape index (κ1) is 16.4. The lowest BCUT2D eigenvalue weighted by Gasteiger charge is -2.36. The second-order valence-electron chi connectivity index (χ2n) is 6.33. The quantitative estimate of drug-likeness (QED) is 0.903. The Bertz CT molecular complexity index is 705. The highest BCUT2D eigenvalue weighted by Gasteiger charge is 2.40. The first-order valence-corrected chi connectivity index (χ1v) is 8.57. The van der Waals surface area contributed by atoms with Crippen LogP contribution in [0.1, 0.15) is 50.4 Å². The van der Waals surface area contributed by atoms with E-state index in [9.17, 15) is 4.79 Å². The molecule has 1 aliphatic carbocycles. The molecule has 128 valence electrons. The Morgan fingerprint density at radius 2 is 2.00 bits per heavy atom. The summed E-state index contributed by atoms with van der Waals surface area (Å²) in [6.07, 6.45) is 4.96. The molecule has 7 nitrogen and oxygen atoms in total. The highest BCUT2D eigenvalue weighted by Crippen LogP contribution is 2.36. The van der Waals surface area contributed by atoms with E-state index in [2.05, 4.69) is 26.2 Å². The van der Waals surface area contributed by atoms with Crippen LogP contribution in [0.4, 0.5) is 4.79 Å². The summed E-state index contributed by atoms with van der Waals surface area (Å²) >= 11 is 0. The zero-order valence-electron chi connectivity index (χ0n) is 14.2. The predicted molar refractivity (Wildman–Crippen MR) is 90.9 cm³/mol. The normalized spacial score (nSPS) is 16.6. The molecule has 0 radical (unpaired) electrons. The minimum absolute atomic E-state index is 0.168. The van der Waals surface area contributed by atoms with Gasteiger partial charge in [0.05, 0.1) is 5.69 Å². The monoisotopic (exact) mass is 328 g/mol. The van der Waals surface area contributed by atoms with Gasteiger partial charge in [0.1, 0.15) is 5.54 Å². The van der Waals surface area contributed by atoms with E-state index in [1.54, 1.807) is 4.68 Å². The summed E-state index contributed by atoms with van der Waals surface area (Å²) in [4.78, 5) is 12.2. The Morgan fingerprint density at radius 3 is 2.71 bits per heavy atom. The van der Waals surface area contributed by atoms with Gasteiger partial charge in [-0.15, -0.1) is 5.10 Å². The molecule has 1 aromatic carbocycles. The van der Waals surface area contributed by atoms with Gasteiger partial charge in [-0.1, -0.05) is 37.5 Å². The third-order valence-electron chi connectivity index (χ3n) is 4.64. The molecule has 0 spiro atoms. The second-order valence-corrected chi connectivity index (χ2v) is 6.33. The standard InChI is InChI=1S/C17H24N6O/c1-3-18-16(24)19-17(11-7-4-8-12-17)15-20-21-22-23(15)14-10-6-5-9-13(14)2/h5-6,9-10H,3-4,7-8,11-12H2,1-2H3,(H2,18,19,24). The third kappa shape index (κ3) is 3.11. The van der Waals surface area contributed by atoms with Gasteiger partial charge in [-0.2, -0.15) is 4.68 Å². The van der Waals surface area contributed by atoms with Crippen molar-refractivity contribution < 1.29 is 4.79 Å². The van der Waals surface area contributed by atoms with Gasteiger partial charge in [-0.3, -0.25) is 0 Å². The summed E-state index contributed by atoms with van der Waals surface area (Å²) in [6, 6.07) is 7.83. The SMILES string of the molecule is CCNC(=O)NC1(c2nnnn2-c2ccccc2C)CCCCC1. The van der Waals surface area contributed by atoms with Crippen LogP contribution in [-0.4, -0.2) is 32.8 Å². The van der Waals surface area contributed by atoms with Gasteiger partial charge in [-0.05, 0) is 48.7 Å². The summed E-state index contributed by atoms with van der Waals surface area (Å²) < 4.78 is 1.77. The minimum Gasteiger partial charge on any atom is -0.338 e. The zero-order chi connectivity index (χ0) is 17.0. The molecular formula is C17H24N6O. The molecule has 0 atom stereocenters. The van der Waals surface area contributed by atoms with Crippen LogP contribution in [0.2, 0.25) is 0 Å². The van der Waals surface area contributed by atoms with Crippen LogP contribution < -0.4 is 10.6 Å². The number of aryl methyl sites for hydroxylation is 1. The van der Waals surface area contributed by atoms with E-state index in [-0.39, 0.29) is 6.03 Å². The molecule has 1 heterocycles. The smallest absolute Gasteiger partial charge is 0.315 e. The maximum atomic E-state index is 12.2. The molecule has 2 amide bonds. The molecule has 0 saturated heterocycles. The molecule has 0 unspecified atom stereocenters. The lowest BCUT2D eigenvalue weighted by atomic mass is 9.81. The zero-order valence-corrected chi connectivity index (χ0v) is 14.2. The Labute approximate surface area is 141 Å². The van der Waals surface area contributed by atoms with Gasteiger partial charge in [0.25, 0.3) is 0 Å². The van der Waals surface area contributed by atoms with E-state index >= 15 is 0 Å². The van der Waals surface area contributed by atoms with Crippen molar-refractivity contribution in [3.63, 3.8) is 0 Å². The molecule has 1 aromatic heterocycles. The molecule has 7 heteroatoms. The number of benzene rings is 1. The summed E-state index contributed by atoms with van der Waals surface area (Å²) in [5.74, 6) is 0.711. The summed E-state index contributed by atoms with van der Waals surface area (Å²) in [6.45, 7) is 4.53.